The summed E-state index contributed by atoms with van der Waals surface area (Å²) in [5, 5.41) is 11.5. The summed E-state index contributed by atoms with van der Waals surface area (Å²) in [6.45, 7) is 0.738. The fraction of sp³-hybridized carbons (Fsp3) is 0.120. The van der Waals surface area contributed by atoms with Crippen LogP contribution < -0.4 is 11.2 Å². The Morgan fingerprint density at radius 1 is 0.851 bits per heavy atom. The van der Waals surface area contributed by atoms with Gasteiger partial charge in [-0.25, -0.2) is 12.6 Å². The number of hydrazone groups is 1. The number of nitrogen functional groups attached to an aromatic ring is 1. The van der Waals surface area contributed by atoms with E-state index < -0.39 is 79.8 Å². The number of nitrogens with zero attached hydrogens (tertiary/aromatic N) is 3. The number of fused-ring (bicyclic) bond motifs is 1. The van der Waals surface area contributed by atoms with Crippen LogP contribution in [0.5, 0.6) is 0 Å². The molecule has 0 spiro atoms. The van der Waals surface area contributed by atoms with Crippen LogP contribution in [0, 0.1) is 6.92 Å². The van der Waals surface area contributed by atoms with Crippen LogP contribution in [-0.2, 0) is 44.7 Å². The number of benzene rings is 3. The van der Waals surface area contributed by atoms with E-state index in [1.165, 1.54) is 30.3 Å². The number of carbonyl (C=O) groups is 1. The van der Waals surface area contributed by atoms with Crippen molar-refractivity contribution in [3.63, 3.8) is 0 Å². The number of allylic oxidation sites excluding steroid dienone is 1. The Labute approximate surface area is 268 Å². The molecule has 3 aromatic carbocycles. The second kappa shape index (κ2) is 13.0. The Morgan fingerprint density at radius 2 is 1.53 bits per heavy atom. The quantitative estimate of drug-likeness (QED) is 0.0820. The van der Waals surface area contributed by atoms with Gasteiger partial charge < -0.3 is 5.73 Å². The molecule has 0 amide bonds. The van der Waals surface area contributed by atoms with Gasteiger partial charge in [-0.3, -0.25) is 23.9 Å². The molecule has 0 atom stereocenters. The Morgan fingerprint density at radius 3 is 2.17 bits per heavy atom. The van der Waals surface area contributed by atoms with Crippen molar-refractivity contribution in [1.82, 2.24) is 0 Å². The minimum Gasteiger partial charge on any atom is -0.396 e. The average Bonchev–Trinajstić information content (AvgIpc) is 2.94. The zero-order valence-electron chi connectivity index (χ0n) is 23.7. The zero-order chi connectivity index (χ0) is 34.9. The van der Waals surface area contributed by atoms with E-state index in [0.717, 1.165) is 30.3 Å². The van der Waals surface area contributed by atoms with Crippen LogP contribution in [0.25, 0.3) is 6.08 Å². The predicted molar refractivity (Wildman–Crippen MR) is 166 cm³/mol. The molecule has 4 rings (SSSR count). The lowest BCUT2D eigenvalue weighted by Crippen LogP contribution is -2.21. The molecule has 0 aromatic heterocycles. The van der Waals surface area contributed by atoms with Gasteiger partial charge in [-0.2, -0.15) is 35.5 Å². The van der Waals surface area contributed by atoms with Crippen LogP contribution in [0.4, 0.5) is 22.7 Å². The smallest absolute Gasteiger partial charge is 0.396 e. The van der Waals surface area contributed by atoms with Crippen LogP contribution in [-0.4, -0.2) is 71.2 Å². The maximum absolute atomic E-state index is 13.4. The third-order valence-electron chi connectivity index (χ3n) is 6.23. The number of carbonyl (C=O) groups excluding carboxylic acids is 1. The Bertz CT molecular complexity index is 2340. The van der Waals surface area contributed by atoms with Gasteiger partial charge in [-0.15, -0.1) is 5.11 Å². The molecule has 0 heterocycles. The molecule has 1 aliphatic rings. The number of aryl methyl sites for hydroxylation is 1. The second-order valence-electron chi connectivity index (χ2n) is 9.59. The number of nitrogens with one attached hydrogen (secondary N) is 1. The number of hydrogen-bond donors (Lipinski definition) is 5. The number of sulfone groups is 1. The molecule has 0 unspecified atom stereocenters. The minimum absolute atomic E-state index is 0.0626. The van der Waals surface area contributed by atoms with Crippen LogP contribution in [0.15, 0.2) is 84.6 Å². The number of nitrogens with two attached hydrogens (primary N) is 1. The molecule has 3 aromatic rings. The van der Waals surface area contributed by atoms with Crippen molar-refractivity contribution in [2.45, 2.75) is 21.6 Å². The summed E-state index contributed by atoms with van der Waals surface area (Å²) in [4.78, 5) is 11.7. The highest BCUT2D eigenvalue weighted by molar-refractivity contribution is 7.91. The fourth-order valence-corrected chi connectivity index (χ4v) is 6.94. The molecule has 0 saturated carbocycles. The third kappa shape index (κ3) is 8.49. The van der Waals surface area contributed by atoms with E-state index in [2.05, 4.69) is 24.9 Å². The molecule has 0 bridgehead atoms. The molecule has 22 heteroatoms. The summed E-state index contributed by atoms with van der Waals surface area (Å²) < 4.78 is 127. The van der Waals surface area contributed by atoms with E-state index in [4.69, 9.17) is 10.3 Å². The number of hydrogen-bond acceptors (Lipinski definition) is 15. The Kier molecular flexibility index (Phi) is 9.80. The highest BCUT2D eigenvalue weighted by Crippen LogP contribution is 2.39. The van der Waals surface area contributed by atoms with Crippen LogP contribution in [0.2, 0.25) is 0 Å². The molecule has 0 saturated heterocycles. The third-order valence-corrected chi connectivity index (χ3v) is 10.1. The topological polar surface area (TPSA) is 299 Å². The first-order valence-corrected chi connectivity index (χ1v) is 18.5. The summed E-state index contributed by atoms with van der Waals surface area (Å²) in [6, 6.07) is 9.39. The molecule has 0 aliphatic heterocycles. The summed E-state index contributed by atoms with van der Waals surface area (Å²) >= 11 is 0. The maximum Gasteiger partial charge on any atom is 0.397 e. The van der Waals surface area contributed by atoms with Crippen molar-refractivity contribution in [2.24, 2.45) is 15.3 Å². The summed E-state index contributed by atoms with van der Waals surface area (Å²) in [5.41, 5.74) is 6.85. The predicted octanol–water partition coefficient (Wildman–Crippen LogP) is 2.76. The number of rotatable bonds is 11. The van der Waals surface area contributed by atoms with Gasteiger partial charge in [0.2, 0.25) is 5.78 Å². The minimum atomic E-state index is -5.03. The van der Waals surface area contributed by atoms with Crippen molar-refractivity contribution >= 4 is 80.8 Å². The molecule has 47 heavy (non-hydrogen) atoms. The van der Waals surface area contributed by atoms with E-state index in [9.17, 15) is 47.6 Å². The van der Waals surface area contributed by atoms with Crippen molar-refractivity contribution < 1.29 is 56.3 Å². The molecular formula is C25H23N5O13S4. The highest BCUT2D eigenvalue weighted by Gasteiger charge is 2.30. The SMILES string of the molecule is Cc1ccc(S(=O)(=O)O)c(N/N=C2/C=Cc3cc(S(=O)(=O)O)c(/N=N/c4cccc(S(=O)(=O)CCOS(=O)(=O)O)c4)c(N)c3C2=O)c1. The summed E-state index contributed by atoms with van der Waals surface area (Å²) in [5.74, 6) is -1.74. The van der Waals surface area contributed by atoms with Crippen molar-refractivity contribution in [3.05, 3.63) is 71.3 Å². The molecule has 18 nitrogen and oxygen atoms in total. The van der Waals surface area contributed by atoms with E-state index in [-0.39, 0.29) is 33.1 Å². The number of ketones is 1. The monoisotopic (exact) mass is 729 g/mol. The number of azo groups is 1. The zero-order valence-corrected chi connectivity index (χ0v) is 26.9. The van der Waals surface area contributed by atoms with Gasteiger partial charge in [0.15, 0.2) is 9.84 Å². The van der Waals surface area contributed by atoms with E-state index in [0.29, 0.717) is 5.56 Å². The van der Waals surface area contributed by atoms with Gasteiger partial charge in [0.05, 0.1) is 39.9 Å². The largest absolute Gasteiger partial charge is 0.397 e. The van der Waals surface area contributed by atoms with Gasteiger partial charge in [-0.05, 0) is 60.5 Å². The lowest BCUT2D eigenvalue weighted by molar-refractivity contribution is 0.106. The lowest BCUT2D eigenvalue weighted by atomic mass is 9.92. The van der Waals surface area contributed by atoms with Gasteiger partial charge in [-0.1, -0.05) is 18.2 Å². The first-order chi connectivity index (χ1) is 21.7. The van der Waals surface area contributed by atoms with Crippen molar-refractivity contribution in [2.75, 3.05) is 23.5 Å². The average molecular weight is 730 g/mol. The second-order valence-corrected chi connectivity index (χ2v) is 15.6. The van der Waals surface area contributed by atoms with E-state index >= 15 is 0 Å². The molecule has 0 radical (unpaired) electrons. The maximum atomic E-state index is 13.4. The van der Waals surface area contributed by atoms with Gasteiger partial charge in [0.1, 0.15) is 21.2 Å². The first-order valence-electron chi connectivity index (χ1n) is 12.6. The van der Waals surface area contributed by atoms with Crippen LogP contribution in [0.3, 0.4) is 0 Å². The summed E-state index contributed by atoms with van der Waals surface area (Å²) in [6.07, 6.45) is 2.39. The Hall–Kier alpha value is -4.42. The molecule has 1 aliphatic carbocycles. The number of anilines is 2. The summed E-state index contributed by atoms with van der Waals surface area (Å²) in [7, 11) is -18.8. The lowest BCUT2D eigenvalue weighted by Gasteiger charge is -2.17. The normalized spacial score (nSPS) is 14.9. The van der Waals surface area contributed by atoms with Gasteiger partial charge in [0.25, 0.3) is 20.2 Å². The Balaban J connectivity index is 1.72. The standard InChI is InChI=1S/C25H23N5O13S4/c1-14-5-8-20(45(34,35)36)19(11-14)29-28-18-7-6-15-12-21(46(37,38)39)24(23(26)22(15)25(18)31)30-27-16-3-2-4-17(13-16)44(32,33)10-9-43-47(40,41)42/h2-8,11-13,29H,9-10,26H2,1H3,(H,34,35,36)(H,37,38,39)(H,40,41,42)/b28-18-,30-27+. The van der Waals surface area contributed by atoms with E-state index in [1.54, 1.807) is 6.92 Å². The molecule has 6 N–H and O–H groups in total. The van der Waals surface area contributed by atoms with Crippen LogP contribution in [0.1, 0.15) is 21.5 Å². The number of Topliss-reactive ketones (excluding diaryl/α,β-unsaturated/α-hetero) is 1. The molecule has 250 valence electrons. The van der Waals surface area contributed by atoms with E-state index in [1.807, 2.05) is 0 Å². The molecule has 0 fully saturated rings. The van der Waals surface area contributed by atoms with Gasteiger partial charge in [0, 0.05) is 0 Å². The van der Waals surface area contributed by atoms with Crippen molar-refractivity contribution in [3.8, 4) is 0 Å². The highest BCUT2D eigenvalue weighted by atomic mass is 32.3. The fourth-order valence-electron chi connectivity index (χ4n) is 4.12. The van der Waals surface area contributed by atoms with Crippen molar-refractivity contribution in [1.29, 1.82) is 0 Å². The van der Waals surface area contributed by atoms with Crippen LogP contribution >= 0.6 is 0 Å². The molecular weight excluding hydrogens is 707 g/mol. The van der Waals surface area contributed by atoms with Gasteiger partial charge >= 0.3 is 10.4 Å². The first kappa shape index (κ1) is 35.4.